The topological polar surface area (TPSA) is 23.5 Å². The van der Waals surface area contributed by atoms with Crippen molar-refractivity contribution < 1.29 is 5.21 Å². The van der Waals surface area contributed by atoms with E-state index in [-0.39, 0.29) is 0 Å². The highest BCUT2D eigenvalue weighted by Crippen LogP contribution is 2.29. The van der Waals surface area contributed by atoms with E-state index in [9.17, 15) is 5.21 Å². The van der Waals surface area contributed by atoms with Gasteiger partial charge < -0.3 is 0 Å². The quantitative estimate of drug-likeness (QED) is 0.628. The first kappa shape index (κ1) is 8.60. The van der Waals surface area contributed by atoms with Crippen LogP contribution in [0.3, 0.4) is 0 Å². The van der Waals surface area contributed by atoms with Crippen LogP contribution in [0.15, 0.2) is 12.3 Å². The largest absolute Gasteiger partial charge is 0.288 e. The monoisotopic (exact) mass is 155 g/mol. The van der Waals surface area contributed by atoms with Crippen molar-refractivity contribution in [1.82, 2.24) is 5.06 Å². The molecule has 1 saturated heterocycles. The second-order valence-corrected chi connectivity index (χ2v) is 3.38. The number of allylic oxidation sites excluding steroid dienone is 1. The summed E-state index contributed by atoms with van der Waals surface area (Å²) in [5.74, 6) is 0.447. The summed E-state index contributed by atoms with van der Waals surface area (Å²) in [6, 6.07) is 0.304. The first-order chi connectivity index (χ1) is 5.16. The first-order valence-electron chi connectivity index (χ1n) is 4.33. The van der Waals surface area contributed by atoms with E-state index in [1.54, 1.807) is 0 Å². The minimum Gasteiger partial charge on any atom is -0.288 e. The maximum Gasteiger partial charge on any atom is 0.0557 e. The zero-order chi connectivity index (χ0) is 8.43. The van der Waals surface area contributed by atoms with Gasteiger partial charge in [0.15, 0.2) is 0 Å². The van der Waals surface area contributed by atoms with E-state index >= 15 is 0 Å². The molecule has 2 unspecified atom stereocenters. The number of rotatable bonds is 1. The summed E-state index contributed by atoms with van der Waals surface area (Å²) >= 11 is 0. The highest BCUT2D eigenvalue weighted by atomic mass is 16.5. The van der Waals surface area contributed by atoms with Gasteiger partial charge in [-0.1, -0.05) is 20.4 Å². The maximum atomic E-state index is 9.54. The molecule has 2 atom stereocenters. The van der Waals surface area contributed by atoms with E-state index in [0.717, 1.165) is 25.0 Å². The number of hydrogen-bond acceptors (Lipinski definition) is 2. The van der Waals surface area contributed by atoms with Gasteiger partial charge in [-0.15, -0.1) is 0 Å². The Morgan fingerprint density at radius 3 is 2.82 bits per heavy atom. The summed E-state index contributed by atoms with van der Waals surface area (Å²) < 4.78 is 0. The van der Waals surface area contributed by atoms with Crippen LogP contribution in [-0.2, 0) is 0 Å². The number of nitrogens with zero attached hydrogens (tertiary/aromatic N) is 1. The van der Waals surface area contributed by atoms with Crippen LogP contribution in [0, 0.1) is 5.92 Å². The smallest absolute Gasteiger partial charge is 0.0557 e. The molecule has 1 rings (SSSR count). The van der Waals surface area contributed by atoms with Crippen molar-refractivity contribution >= 4 is 0 Å². The zero-order valence-electron chi connectivity index (χ0n) is 7.38. The Kier molecular flexibility index (Phi) is 2.55. The molecule has 1 aliphatic rings. The Morgan fingerprint density at radius 2 is 2.27 bits per heavy atom. The first-order valence-corrected chi connectivity index (χ1v) is 4.33. The van der Waals surface area contributed by atoms with Crippen LogP contribution in [0.2, 0.25) is 0 Å². The van der Waals surface area contributed by atoms with E-state index < -0.39 is 0 Å². The zero-order valence-corrected chi connectivity index (χ0v) is 7.38. The third-order valence-electron chi connectivity index (χ3n) is 2.61. The molecule has 1 heterocycles. The Hall–Kier alpha value is -0.500. The molecule has 0 amide bonds. The lowest BCUT2D eigenvalue weighted by atomic mass is 9.92. The van der Waals surface area contributed by atoms with Crippen molar-refractivity contribution in [2.75, 3.05) is 0 Å². The summed E-state index contributed by atoms with van der Waals surface area (Å²) in [4.78, 5) is 0. The average Bonchev–Trinajstić information content (AvgIpc) is 2.01. The van der Waals surface area contributed by atoms with E-state index in [4.69, 9.17) is 0 Å². The van der Waals surface area contributed by atoms with E-state index in [0.29, 0.717) is 12.0 Å². The highest BCUT2D eigenvalue weighted by molar-refractivity contribution is 5.01. The van der Waals surface area contributed by atoms with Crippen LogP contribution >= 0.6 is 0 Å². The predicted molar refractivity (Wildman–Crippen MR) is 45.2 cm³/mol. The Morgan fingerprint density at radius 1 is 1.64 bits per heavy atom. The van der Waals surface area contributed by atoms with Gasteiger partial charge in [-0.25, -0.2) is 0 Å². The Labute approximate surface area is 68.5 Å². The second kappa shape index (κ2) is 3.26. The van der Waals surface area contributed by atoms with Crippen molar-refractivity contribution in [3.05, 3.63) is 12.3 Å². The second-order valence-electron chi connectivity index (χ2n) is 3.38. The lowest BCUT2D eigenvalue weighted by Crippen LogP contribution is -2.37. The lowest BCUT2D eigenvalue weighted by molar-refractivity contribution is -0.117. The molecule has 0 aromatic heterocycles. The third kappa shape index (κ3) is 1.56. The van der Waals surface area contributed by atoms with Gasteiger partial charge in [0.25, 0.3) is 0 Å². The molecule has 2 heteroatoms. The maximum absolute atomic E-state index is 9.54. The number of hydrogen-bond donors (Lipinski definition) is 1. The molecule has 2 nitrogen and oxygen atoms in total. The fourth-order valence-corrected chi connectivity index (χ4v) is 1.57. The van der Waals surface area contributed by atoms with Crippen LogP contribution in [0.1, 0.15) is 33.1 Å². The van der Waals surface area contributed by atoms with Crippen molar-refractivity contribution in [3.63, 3.8) is 0 Å². The molecule has 0 radical (unpaired) electrons. The van der Waals surface area contributed by atoms with Gasteiger partial charge in [0.2, 0.25) is 0 Å². The standard InChI is InChI=1S/C9H17NO/c1-4-9-6-5-7(2)8(3)10(9)11/h7,9,11H,3-6H2,1-2H3. The highest BCUT2D eigenvalue weighted by Gasteiger charge is 2.25. The average molecular weight is 155 g/mol. The SMILES string of the molecule is C=C1C(C)CCC(CC)N1O. The van der Waals surface area contributed by atoms with Gasteiger partial charge in [-0.2, -0.15) is 0 Å². The molecule has 0 aromatic rings. The molecule has 1 aliphatic heterocycles. The van der Waals surface area contributed by atoms with Crippen molar-refractivity contribution in [1.29, 1.82) is 0 Å². The van der Waals surface area contributed by atoms with E-state index in [2.05, 4.69) is 20.4 Å². The molecule has 1 N–H and O–H groups in total. The minimum atomic E-state index is 0.304. The summed E-state index contributed by atoms with van der Waals surface area (Å²) in [6.07, 6.45) is 3.25. The fourth-order valence-electron chi connectivity index (χ4n) is 1.57. The van der Waals surface area contributed by atoms with Gasteiger partial charge in [-0.3, -0.25) is 10.3 Å². The minimum absolute atomic E-state index is 0.304. The molecule has 0 aliphatic carbocycles. The van der Waals surface area contributed by atoms with E-state index in [1.807, 2.05) is 0 Å². The van der Waals surface area contributed by atoms with Gasteiger partial charge in [0.1, 0.15) is 0 Å². The third-order valence-corrected chi connectivity index (χ3v) is 2.61. The van der Waals surface area contributed by atoms with E-state index in [1.165, 1.54) is 5.06 Å². The summed E-state index contributed by atoms with van der Waals surface area (Å²) in [5.41, 5.74) is 0.878. The fraction of sp³-hybridized carbons (Fsp3) is 0.778. The molecular weight excluding hydrogens is 138 g/mol. The molecular formula is C9H17NO. The molecule has 0 spiro atoms. The normalized spacial score (nSPS) is 32.6. The van der Waals surface area contributed by atoms with Crippen molar-refractivity contribution in [3.8, 4) is 0 Å². The van der Waals surface area contributed by atoms with Crippen LogP contribution in [0.4, 0.5) is 0 Å². The molecule has 0 saturated carbocycles. The van der Waals surface area contributed by atoms with Crippen molar-refractivity contribution in [2.45, 2.75) is 39.2 Å². The number of piperidine rings is 1. The van der Waals surface area contributed by atoms with Gasteiger partial charge in [0.05, 0.1) is 6.04 Å². The summed E-state index contributed by atoms with van der Waals surface area (Å²) in [7, 11) is 0. The predicted octanol–water partition coefficient (Wildman–Crippen LogP) is 2.40. The lowest BCUT2D eigenvalue weighted by Gasteiger charge is -2.36. The van der Waals surface area contributed by atoms with Crippen LogP contribution < -0.4 is 0 Å². The van der Waals surface area contributed by atoms with Crippen LogP contribution in [0.5, 0.6) is 0 Å². The molecule has 11 heavy (non-hydrogen) atoms. The molecule has 1 fully saturated rings. The van der Waals surface area contributed by atoms with Gasteiger partial charge >= 0.3 is 0 Å². The summed E-state index contributed by atoms with van der Waals surface area (Å²) in [6.45, 7) is 8.05. The Bertz CT molecular complexity index is 156. The Balaban J connectivity index is 2.59. The molecule has 0 aromatic carbocycles. The van der Waals surface area contributed by atoms with Gasteiger partial charge in [-0.05, 0) is 25.2 Å². The van der Waals surface area contributed by atoms with Crippen LogP contribution in [-0.4, -0.2) is 16.3 Å². The molecule has 0 bridgehead atoms. The van der Waals surface area contributed by atoms with Gasteiger partial charge in [0, 0.05) is 5.70 Å². The summed E-state index contributed by atoms with van der Waals surface area (Å²) in [5, 5.41) is 10.9. The van der Waals surface area contributed by atoms with Crippen LogP contribution in [0.25, 0.3) is 0 Å². The molecule has 64 valence electrons. The van der Waals surface area contributed by atoms with Crippen molar-refractivity contribution in [2.24, 2.45) is 5.92 Å². The number of hydroxylamine groups is 2.